The van der Waals surface area contributed by atoms with E-state index in [1.807, 2.05) is 0 Å². The van der Waals surface area contributed by atoms with Gasteiger partial charge in [0.15, 0.2) is 12.1 Å². The van der Waals surface area contributed by atoms with Gasteiger partial charge < -0.3 is 40.2 Å². The molecular formula is C15H19N5O7. The lowest BCUT2D eigenvalue weighted by atomic mass is 10.1. The molecule has 6 N–H and O–H groups in total. The number of ether oxygens (including phenoxy) is 2. The van der Waals surface area contributed by atoms with E-state index < -0.39 is 42.2 Å². The number of nitrogens with zero attached hydrogens (tertiary/aromatic N) is 3. The van der Waals surface area contributed by atoms with E-state index in [9.17, 15) is 19.8 Å². The Bertz CT molecular complexity index is 952. The van der Waals surface area contributed by atoms with Crippen LogP contribution in [0, 0.1) is 0 Å². The van der Waals surface area contributed by atoms with Crippen LogP contribution >= 0.6 is 0 Å². The molecule has 5 atom stereocenters. The molecule has 0 saturated carbocycles. The number of carbonyl (C=O) groups excluding carboxylic acids is 1. The molecule has 0 aliphatic carbocycles. The molecule has 2 aromatic rings. The number of carbonyl (C=O) groups is 1. The van der Waals surface area contributed by atoms with Gasteiger partial charge in [0, 0.05) is 13.1 Å². The molecule has 0 unspecified atom stereocenters. The van der Waals surface area contributed by atoms with Crippen LogP contribution in [0.25, 0.3) is 11.0 Å². The van der Waals surface area contributed by atoms with Crippen molar-refractivity contribution in [3.05, 3.63) is 28.4 Å². The number of fused-ring (bicyclic) bond motifs is 1. The van der Waals surface area contributed by atoms with Crippen molar-refractivity contribution in [3.8, 4) is 0 Å². The van der Waals surface area contributed by atoms with Gasteiger partial charge in [0.1, 0.15) is 30.1 Å². The number of oxime groups is 1. The van der Waals surface area contributed by atoms with Crippen LogP contribution in [0.3, 0.4) is 0 Å². The number of amidine groups is 1. The van der Waals surface area contributed by atoms with E-state index in [4.69, 9.17) is 20.4 Å². The molecule has 0 bridgehead atoms. The number of aliphatic hydroxyl groups excluding tert-OH is 2. The summed E-state index contributed by atoms with van der Waals surface area (Å²) in [5.41, 5.74) is 5.25. The van der Waals surface area contributed by atoms with E-state index in [1.54, 1.807) is 0 Å². The number of H-pyrrole nitrogens is 1. The lowest BCUT2D eigenvalue weighted by Crippen LogP contribution is -2.39. The van der Waals surface area contributed by atoms with Crippen molar-refractivity contribution in [3.63, 3.8) is 0 Å². The van der Waals surface area contributed by atoms with Gasteiger partial charge in [-0.1, -0.05) is 5.16 Å². The van der Waals surface area contributed by atoms with Crippen molar-refractivity contribution >= 4 is 22.8 Å². The van der Waals surface area contributed by atoms with Gasteiger partial charge in [0.25, 0.3) is 5.56 Å². The maximum Gasteiger partial charge on any atom is 0.302 e. The summed E-state index contributed by atoms with van der Waals surface area (Å²) in [5.74, 6) is -0.903. The largest absolute Gasteiger partial charge is 0.460 e. The summed E-state index contributed by atoms with van der Waals surface area (Å²) >= 11 is 0. The first-order valence-corrected chi connectivity index (χ1v) is 8.01. The van der Waals surface area contributed by atoms with Gasteiger partial charge >= 0.3 is 5.97 Å². The van der Waals surface area contributed by atoms with Crippen LogP contribution in [0.4, 0.5) is 0 Å². The van der Waals surface area contributed by atoms with Crippen LogP contribution in [0.15, 0.2) is 22.5 Å². The number of esters is 1. The number of nitrogens with one attached hydrogen (secondary N) is 1. The molecule has 1 aliphatic heterocycles. The minimum absolute atomic E-state index is 0.0228. The van der Waals surface area contributed by atoms with Crippen molar-refractivity contribution in [1.29, 1.82) is 0 Å². The average Bonchev–Trinajstić information content (AvgIpc) is 3.13. The number of aliphatic hydroxyl groups is 2. The maximum absolute atomic E-state index is 12.2. The van der Waals surface area contributed by atoms with Crippen molar-refractivity contribution in [2.75, 3.05) is 0 Å². The van der Waals surface area contributed by atoms with Crippen molar-refractivity contribution < 1.29 is 29.7 Å². The van der Waals surface area contributed by atoms with Crippen LogP contribution in [0.1, 0.15) is 25.6 Å². The summed E-state index contributed by atoms with van der Waals surface area (Å²) in [7, 11) is 0. The third-order valence-corrected chi connectivity index (χ3v) is 4.36. The maximum atomic E-state index is 12.2. The number of hydrogen-bond acceptors (Lipinski definition) is 9. The highest BCUT2D eigenvalue weighted by Gasteiger charge is 2.47. The Morgan fingerprint density at radius 1 is 1.48 bits per heavy atom. The van der Waals surface area contributed by atoms with E-state index in [0.29, 0.717) is 0 Å². The van der Waals surface area contributed by atoms with Crippen LogP contribution < -0.4 is 11.3 Å². The second kappa shape index (κ2) is 6.98. The average molecular weight is 381 g/mol. The highest BCUT2D eigenvalue weighted by molar-refractivity contribution is 6.07. The summed E-state index contributed by atoms with van der Waals surface area (Å²) in [6.07, 6.45) is -3.31. The molecule has 2 aromatic heterocycles. The normalized spacial score (nSPS) is 27.0. The highest BCUT2D eigenvalue weighted by Crippen LogP contribution is 2.34. The van der Waals surface area contributed by atoms with Gasteiger partial charge in [0.2, 0.25) is 0 Å². The van der Waals surface area contributed by atoms with Gasteiger partial charge in [-0.3, -0.25) is 9.59 Å². The minimum Gasteiger partial charge on any atom is -0.460 e. The lowest BCUT2D eigenvalue weighted by Gasteiger charge is -2.21. The number of hydrogen-bond donors (Lipinski definition) is 5. The summed E-state index contributed by atoms with van der Waals surface area (Å²) in [4.78, 5) is 29.8. The molecule has 146 valence electrons. The van der Waals surface area contributed by atoms with E-state index in [0.717, 1.165) is 6.33 Å². The van der Waals surface area contributed by atoms with Gasteiger partial charge in [-0.2, -0.15) is 0 Å². The molecule has 1 fully saturated rings. The molecule has 1 aliphatic rings. The fraction of sp³-hybridized carbons (Fsp3) is 0.467. The molecule has 0 radical (unpaired) electrons. The minimum atomic E-state index is -1.41. The summed E-state index contributed by atoms with van der Waals surface area (Å²) < 4.78 is 12.0. The standard InChI is InChI=1S/C15H19N5O7/c1-5(26-6(2)21)11-9(22)10(23)15(27-11)20-3-7(12(16)19-25)8-13(20)17-4-18-14(8)24/h3-5,9-11,15,22-23,25H,1-2H3,(H2,16,19)(H,17,18,24)/t5-,9-,10+,11+,15+/m0/s1. The monoisotopic (exact) mass is 381 g/mol. The van der Waals surface area contributed by atoms with E-state index in [1.165, 1.54) is 24.6 Å². The van der Waals surface area contributed by atoms with Gasteiger partial charge in [-0.25, -0.2) is 4.98 Å². The third kappa shape index (κ3) is 3.13. The van der Waals surface area contributed by atoms with Crippen molar-refractivity contribution in [1.82, 2.24) is 14.5 Å². The smallest absolute Gasteiger partial charge is 0.302 e. The second-order valence-electron chi connectivity index (χ2n) is 6.15. The van der Waals surface area contributed by atoms with Crippen LogP contribution in [0.5, 0.6) is 0 Å². The number of nitrogens with two attached hydrogens (primary N) is 1. The predicted octanol–water partition coefficient (Wildman–Crippen LogP) is -1.61. The van der Waals surface area contributed by atoms with Gasteiger partial charge in [-0.15, -0.1) is 0 Å². The fourth-order valence-electron chi connectivity index (χ4n) is 3.17. The number of aromatic amines is 1. The molecule has 0 aromatic carbocycles. The van der Waals surface area contributed by atoms with E-state index in [2.05, 4.69) is 15.1 Å². The molecule has 0 amide bonds. The molecular weight excluding hydrogens is 362 g/mol. The Kier molecular flexibility index (Phi) is 4.87. The Labute approximate surface area is 151 Å². The number of rotatable bonds is 4. The van der Waals surface area contributed by atoms with Crippen LogP contribution in [-0.4, -0.2) is 66.2 Å². The zero-order valence-corrected chi connectivity index (χ0v) is 14.4. The van der Waals surface area contributed by atoms with E-state index >= 15 is 0 Å². The van der Waals surface area contributed by atoms with Crippen molar-refractivity contribution in [2.45, 2.75) is 44.5 Å². The molecule has 1 saturated heterocycles. The first-order valence-electron chi connectivity index (χ1n) is 8.01. The first-order chi connectivity index (χ1) is 12.8. The van der Waals surface area contributed by atoms with Crippen LogP contribution in [-0.2, 0) is 14.3 Å². The molecule has 12 heteroatoms. The van der Waals surface area contributed by atoms with Gasteiger partial charge in [-0.05, 0) is 6.92 Å². The Hall–Kier alpha value is -2.96. The Morgan fingerprint density at radius 3 is 2.81 bits per heavy atom. The van der Waals surface area contributed by atoms with Crippen LogP contribution in [0.2, 0.25) is 0 Å². The number of aromatic nitrogens is 3. The SMILES string of the molecule is CC(=O)O[C@@H](C)[C@H]1O[C@@H](n2cc(/C(N)=N\O)c3c(=O)[nH]cnc32)[C@H](O)[C@@H]1O. The topological polar surface area (TPSA) is 185 Å². The quantitative estimate of drug-likeness (QED) is 0.137. The zero-order chi connectivity index (χ0) is 19.9. The second-order valence-corrected chi connectivity index (χ2v) is 6.15. The first kappa shape index (κ1) is 18.8. The highest BCUT2D eigenvalue weighted by atomic mass is 16.6. The fourth-order valence-corrected chi connectivity index (χ4v) is 3.17. The van der Waals surface area contributed by atoms with Gasteiger partial charge in [0.05, 0.1) is 17.3 Å². The molecule has 0 spiro atoms. The Balaban J connectivity index is 2.07. The summed E-state index contributed by atoms with van der Waals surface area (Å²) in [5, 5.41) is 32.6. The predicted molar refractivity (Wildman–Crippen MR) is 90.0 cm³/mol. The Morgan fingerprint density at radius 2 is 2.19 bits per heavy atom. The van der Waals surface area contributed by atoms with E-state index in [-0.39, 0.29) is 22.4 Å². The third-order valence-electron chi connectivity index (χ3n) is 4.36. The van der Waals surface area contributed by atoms with Crippen molar-refractivity contribution in [2.24, 2.45) is 10.9 Å². The molecule has 3 heterocycles. The lowest BCUT2D eigenvalue weighted by molar-refractivity contribution is -0.157. The molecule has 27 heavy (non-hydrogen) atoms. The zero-order valence-electron chi connectivity index (χ0n) is 14.4. The summed E-state index contributed by atoms with van der Waals surface area (Å²) in [6.45, 7) is 2.73. The summed E-state index contributed by atoms with van der Waals surface area (Å²) in [6, 6.07) is 0. The molecule has 12 nitrogen and oxygen atoms in total. The molecule has 3 rings (SSSR count).